The Hall–Kier alpha value is -1.32. The van der Waals surface area contributed by atoms with E-state index in [4.69, 9.17) is 0 Å². The van der Waals surface area contributed by atoms with Crippen LogP contribution in [0.2, 0.25) is 0 Å². The highest BCUT2D eigenvalue weighted by molar-refractivity contribution is 6.00. The number of benzene rings is 1. The molecule has 0 saturated heterocycles. The minimum Gasteiger partial charge on any atom is -0.284 e. The Labute approximate surface area is 79.5 Å². The predicted molar refractivity (Wildman–Crippen MR) is 46.2 cm³/mol. The average molecular weight is 202 g/mol. The first-order valence-corrected chi connectivity index (χ1v) is 4.15. The Kier molecular flexibility index (Phi) is 2.93. The maximum absolute atomic E-state index is 12.0. The number of hydrogen-bond acceptors (Lipinski definition) is 1. The number of aryl methyl sites for hydroxylation is 1. The van der Waals surface area contributed by atoms with E-state index < -0.39 is 12.0 Å². The number of carbonyl (C=O) groups is 1. The first kappa shape index (κ1) is 10.8. The lowest BCUT2D eigenvalue weighted by atomic mass is 10.1. The third-order valence-electron chi connectivity index (χ3n) is 1.88. The molecule has 0 atom stereocenters. The SMILES string of the molecule is CCc1ccc(C(=O)C(F)(F)F)cc1. The lowest BCUT2D eigenvalue weighted by Gasteiger charge is -2.05. The molecule has 0 bridgehead atoms. The maximum atomic E-state index is 12.0. The van der Waals surface area contributed by atoms with Gasteiger partial charge in [0.05, 0.1) is 0 Å². The van der Waals surface area contributed by atoms with Crippen LogP contribution in [0, 0.1) is 0 Å². The summed E-state index contributed by atoms with van der Waals surface area (Å²) >= 11 is 0. The second kappa shape index (κ2) is 3.82. The molecule has 0 N–H and O–H groups in total. The molecule has 76 valence electrons. The van der Waals surface area contributed by atoms with Crippen molar-refractivity contribution in [3.8, 4) is 0 Å². The standard InChI is InChI=1S/C10H9F3O/c1-2-7-3-5-8(6-4-7)9(14)10(11,12)13/h3-6H,2H2,1H3. The van der Waals surface area contributed by atoms with Crippen LogP contribution in [0.25, 0.3) is 0 Å². The molecule has 0 amide bonds. The van der Waals surface area contributed by atoms with Gasteiger partial charge in [0, 0.05) is 5.56 Å². The molecule has 0 spiro atoms. The third-order valence-corrected chi connectivity index (χ3v) is 1.88. The van der Waals surface area contributed by atoms with E-state index in [1.807, 2.05) is 6.92 Å². The third kappa shape index (κ3) is 2.34. The van der Waals surface area contributed by atoms with E-state index in [0.717, 1.165) is 12.0 Å². The van der Waals surface area contributed by atoms with Crippen molar-refractivity contribution in [1.82, 2.24) is 0 Å². The Morgan fingerprint density at radius 1 is 1.21 bits per heavy atom. The van der Waals surface area contributed by atoms with Gasteiger partial charge in [0.2, 0.25) is 0 Å². The van der Waals surface area contributed by atoms with Gasteiger partial charge >= 0.3 is 6.18 Å². The van der Waals surface area contributed by atoms with Crippen molar-refractivity contribution in [2.45, 2.75) is 19.5 Å². The Morgan fingerprint density at radius 3 is 2.07 bits per heavy atom. The Bertz CT molecular complexity index is 324. The topological polar surface area (TPSA) is 17.1 Å². The maximum Gasteiger partial charge on any atom is 0.454 e. The van der Waals surface area contributed by atoms with E-state index in [1.165, 1.54) is 24.3 Å². The summed E-state index contributed by atoms with van der Waals surface area (Å²) < 4.78 is 35.9. The summed E-state index contributed by atoms with van der Waals surface area (Å²) in [6, 6.07) is 5.46. The molecule has 0 aliphatic carbocycles. The quantitative estimate of drug-likeness (QED) is 0.674. The number of alkyl halides is 3. The van der Waals surface area contributed by atoms with Gasteiger partial charge in [-0.3, -0.25) is 4.79 Å². The van der Waals surface area contributed by atoms with Gasteiger partial charge in [-0.2, -0.15) is 13.2 Å². The van der Waals surface area contributed by atoms with E-state index in [2.05, 4.69) is 0 Å². The number of carbonyl (C=O) groups excluding carboxylic acids is 1. The predicted octanol–water partition coefficient (Wildman–Crippen LogP) is 2.99. The molecule has 0 aliphatic heterocycles. The van der Waals surface area contributed by atoms with Crippen molar-refractivity contribution in [1.29, 1.82) is 0 Å². The Morgan fingerprint density at radius 2 is 1.71 bits per heavy atom. The van der Waals surface area contributed by atoms with Crippen LogP contribution in [0.4, 0.5) is 13.2 Å². The van der Waals surface area contributed by atoms with Crippen LogP contribution in [-0.2, 0) is 6.42 Å². The van der Waals surface area contributed by atoms with Crippen molar-refractivity contribution in [3.05, 3.63) is 35.4 Å². The first-order chi connectivity index (χ1) is 6.45. The average Bonchev–Trinajstić information content (AvgIpc) is 2.15. The zero-order chi connectivity index (χ0) is 10.8. The fourth-order valence-corrected chi connectivity index (χ4v) is 1.06. The van der Waals surface area contributed by atoms with Gasteiger partial charge in [-0.05, 0) is 12.0 Å². The molecule has 1 nitrogen and oxygen atoms in total. The van der Waals surface area contributed by atoms with E-state index in [-0.39, 0.29) is 5.56 Å². The lowest BCUT2D eigenvalue weighted by Crippen LogP contribution is -2.22. The lowest BCUT2D eigenvalue weighted by molar-refractivity contribution is -0.0885. The largest absolute Gasteiger partial charge is 0.454 e. The van der Waals surface area contributed by atoms with E-state index >= 15 is 0 Å². The van der Waals surface area contributed by atoms with Crippen molar-refractivity contribution >= 4 is 5.78 Å². The zero-order valence-electron chi connectivity index (χ0n) is 7.56. The van der Waals surface area contributed by atoms with Crippen LogP contribution >= 0.6 is 0 Å². The van der Waals surface area contributed by atoms with E-state index in [0.29, 0.717) is 0 Å². The summed E-state index contributed by atoms with van der Waals surface area (Å²) in [6.45, 7) is 1.89. The summed E-state index contributed by atoms with van der Waals surface area (Å²) in [6.07, 6.45) is -4.05. The van der Waals surface area contributed by atoms with Crippen LogP contribution < -0.4 is 0 Å². The fourth-order valence-electron chi connectivity index (χ4n) is 1.06. The normalized spacial score (nSPS) is 11.4. The minimum absolute atomic E-state index is 0.310. The molecule has 1 aromatic rings. The van der Waals surface area contributed by atoms with Gasteiger partial charge in [0.1, 0.15) is 0 Å². The van der Waals surface area contributed by atoms with Crippen molar-refractivity contribution < 1.29 is 18.0 Å². The molecule has 0 fully saturated rings. The van der Waals surface area contributed by atoms with Gasteiger partial charge in [0.25, 0.3) is 5.78 Å². The summed E-state index contributed by atoms with van der Waals surface area (Å²) in [5, 5.41) is 0. The number of halogens is 3. The van der Waals surface area contributed by atoms with Crippen LogP contribution in [0.3, 0.4) is 0 Å². The highest BCUT2D eigenvalue weighted by atomic mass is 19.4. The van der Waals surface area contributed by atoms with Gasteiger partial charge in [-0.15, -0.1) is 0 Å². The Balaban J connectivity index is 2.93. The van der Waals surface area contributed by atoms with Crippen LogP contribution in [0.5, 0.6) is 0 Å². The van der Waals surface area contributed by atoms with Crippen molar-refractivity contribution in [2.75, 3.05) is 0 Å². The van der Waals surface area contributed by atoms with Crippen LogP contribution in [0.15, 0.2) is 24.3 Å². The van der Waals surface area contributed by atoms with Crippen LogP contribution in [-0.4, -0.2) is 12.0 Å². The number of Topliss-reactive ketones (excluding diaryl/α,β-unsaturated/α-hetero) is 1. The van der Waals surface area contributed by atoms with Crippen molar-refractivity contribution in [2.24, 2.45) is 0 Å². The zero-order valence-corrected chi connectivity index (χ0v) is 7.56. The highest BCUT2D eigenvalue weighted by Crippen LogP contribution is 2.21. The number of ketones is 1. The van der Waals surface area contributed by atoms with Gasteiger partial charge < -0.3 is 0 Å². The molecule has 0 saturated carbocycles. The molecule has 1 rings (SSSR count). The van der Waals surface area contributed by atoms with Gasteiger partial charge in [0.15, 0.2) is 0 Å². The molecule has 0 unspecified atom stereocenters. The summed E-state index contributed by atoms with van der Waals surface area (Å²) in [5.41, 5.74) is 0.596. The molecular formula is C10H9F3O. The first-order valence-electron chi connectivity index (χ1n) is 4.15. The molecule has 0 radical (unpaired) electrons. The fraction of sp³-hybridized carbons (Fsp3) is 0.300. The second-order valence-electron chi connectivity index (χ2n) is 2.88. The van der Waals surface area contributed by atoms with E-state index in [1.54, 1.807) is 0 Å². The highest BCUT2D eigenvalue weighted by Gasteiger charge is 2.38. The molecule has 14 heavy (non-hydrogen) atoms. The van der Waals surface area contributed by atoms with Gasteiger partial charge in [-0.25, -0.2) is 0 Å². The molecular weight excluding hydrogens is 193 g/mol. The van der Waals surface area contributed by atoms with Gasteiger partial charge in [-0.1, -0.05) is 31.2 Å². The number of hydrogen-bond donors (Lipinski definition) is 0. The summed E-state index contributed by atoms with van der Waals surface area (Å²) in [7, 11) is 0. The number of rotatable bonds is 2. The monoisotopic (exact) mass is 202 g/mol. The molecule has 4 heteroatoms. The summed E-state index contributed by atoms with van der Waals surface area (Å²) in [5.74, 6) is -1.79. The molecule has 1 aromatic carbocycles. The molecule has 0 aromatic heterocycles. The molecule has 0 heterocycles. The second-order valence-corrected chi connectivity index (χ2v) is 2.88. The smallest absolute Gasteiger partial charge is 0.284 e. The van der Waals surface area contributed by atoms with E-state index in [9.17, 15) is 18.0 Å². The van der Waals surface area contributed by atoms with Crippen molar-refractivity contribution in [3.63, 3.8) is 0 Å². The summed E-state index contributed by atoms with van der Waals surface area (Å²) in [4.78, 5) is 10.7. The molecule has 0 aliphatic rings. The van der Waals surface area contributed by atoms with Crippen LogP contribution in [0.1, 0.15) is 22.8 Å². The minimum atomic E-state index is -4.78.